The van der Waals surface area contributed by atoms with Crippen molar-refractivity contribution < 1.29 is 9.90 Å². The van der Waals surface area contributed by atoms with Crippen LogP contribution in [0.4, 0.5) is 0 Å². The summed E-state index contributed by atoms with van der Waals surface area (Å²) in [5.74, 6) is 0.229. The van der Waals surface area contributed by atoms with Crippen molar-refractivity contribution in [1.82, 2.24) is 0 Å². The predicted molar refractivity (Wildman–Crippen MR) is 124 cm³/mol. The Balaban J connectivity index is 3.17. The first-order valence-electron chi connectivity index (χ1n) is 12.2. The highest BCUT2D eigenvalue weighted by atomic mass is 16.4. The van der Waals surface area contributed by atoms with Gasteiger partial charge in [0.25, 0.3) is 0 Å². The van der Waals surface area contributed by atoms with E-state index in [2.05, 4.69) is 38.2 Å². The molecule has 0 aliphatic carbocycles. The van der Waals surface area contributed by atoms with Gasteiger partial charge in [-0.25, -0.2) is 0 Å². The molecular formula is C26H48O2. The molecule has 1 unspecified atom stereocenters. The van der Waals surface area contributed by atoms with Gasteiger partial charge in [0.2, 0.25) is 0 Å². The maximum Gasteiger partial charge on any atom is 0.303 e. The Hall–Kier alpha value is -1.05. The molecule has 0 heterocycles. The van der Waals surface area contributed by atoms with E-state index in [1.807, 2.05) is 0 Å². The van der Waals surface area contributed by atoms with E-state index in [1.54, 1.807) is 0 Å². The summed E-state index contributed by atoms with van der Waals surface area (Å²) in [7, 11) is 0. The zero-order valence-corrected chi connectivity index (χ0v) is 19.0. The summed E-state index contributed by atoms with van der Waals surface area (Å²) in [4.78, 5) is 10.4. The van der Waals surface area contributed by atoms with Crippen molar-refractivity contribution >= 4 is 5.97 Å². The van der Waals surface area contributed by atoms with Gasteiger partial charge in [-0.3, -0.25) is 4.79 Å². The molecule has 0 aliphatic rings. The average Bonchev–Trinajstić information content (AvgIpc) is 2.68. The van der Waals surface area contributed by atoms with Crippen LogP contribution in [0.5, 0.6) is 0 Å². The van der Waals surface area contributed by atoms with Crippen LogP contribution in [0.15, 0.2) is 24.3 Å². The molecule has 2 heteroatoms. The number of carboxylic acid groups (broad SMARTS) is 1. The van der Waals surface area contributed by atoms with Crippen LogP contribution in [-0.4, -0.2) is 11.1 Å². The second-order valence-corrected chi connectivity index (χ2v) is 8.43. The van der Waals surface area contributed by atoms with E-state index in [9.17, 15) is 4.79 Å². The van der Waals surface area contributed by atoms with Gasteiger partial charge >= 0.3 is 5.97 Å². The molecule has 0 radical (unpaired) electrons. The maximum atomic E-state index is 10.4. The third kappa shape index (κ3) is 23.0. The first kappa shape index (κ1) is 27.0. The van der Waals surface area contributed by atoms with Crippen molar-refractivity contribution in [2.24, 2.45) is 5.92 Å². The quantitative estimate of drug-likeness (QED) is 0.156. The fraction of sp³-hybridized carbons (Fsp3) is 0.808. The summed E-state index contributed by atoms with van der Waals surface area (Å²) >= 11 is 0. The monoisotopic (exact) mass is 392 g/mol. The molecule has 0 spiro atoms. The van der Waals surface area contributed by atoms with E-state index in [1.165, 1.54) is 83.5 Å². The number of allylic oxidation sites excluding steroid dienone is 4. The van der Waals surface area contributed by atoms with Crippen molar-refractivity contribution in [2.45, 2.75) is 129 Å². The number of rotatable bonds is 21. The molecule has 164 valence electrons. The molecule has 0 amide bonds. The summed E-state index contributed by atoms with van der Waals surface area (Å²) in [6.45, 7) is 4.68. The molecule has 0 saturated heterocycles. The molecule has 0 rings (SSSR count). The van der Waals surface area contributed by atoms with Gasteiger partial charge in [-0.15, -0.1) is 0 Å². The Labute approximate surface area is 175 Å². The zero-order chi connectivity index (χ0) is 20.7. The Morgan fingerprint density at radius 2 is 1.11 bits per heavy atom. The SMILES string of the molecule is CCC(C)CCCCCCCCCCCC/C=C/CC/C=C/CCCC(=O)O. The minimum Gasteiger partial charge on any atom is -0.481 e. The van der Waals surface area contributed by atoms with Crippen LogP contribution in [0.2, 0.25) is 0 Å². The second-order valence-electron chi connectivity index (χ2n) is 8.43. The van der Waals surface area contributed by atoms with Gasteiger partial charge in [0.05, 0.1) is 0 Å². The lowest BCUT2D eigenvalue weighted by Crippen LogP contribution is -1.92. The smallest absolute Gasteiger partial charge is 0.303 e. The maximum absolute atomic E-state index is 10.4. The summed E-state index contributed by atoms with van der Waals surface area (Å²) in [6, 6.07) is 0. The van der Waals surface area contributed by atoms with Crippen molar-refractivity contribution in [1.29, 1.82) is 0 Å². The minimum atomic E-state index is -0.695. The standard InChI is InChI=1S/C26H48O2/c1-3-25(2)23-21-19-17-15-13-11-9-7-5-4-6-8-10-12-14-16-18-20-22-24-26(27)28/h8,10,16,18,25H,3-7,9,11-15,17,19-24H2,1-2H3,(H,27,28)/b10-8+,18-16+. The van der Waals surface area contributed by atoms with Crippen LogP contribution >= 0.6 is 0 Å². The Morgan fingerprint density at radius 3 is 1.61 bits per heavy atom. The van der Waals surface area contributed by atoms with Gasteiger partial charge in [0, 0.05) is 6.42 Å². The molecule has 28 heavy (non-hydrogen) atoms. The third-order valence-corrected chi connectivity index (χ3v) is 5.61. The normalized spacial score (nSPS) is 12.9. The largest absolute Gasteiger partial charge is 0.481 e. The fourth-order valence-corrected chi connectivity index (χ4v) is 3.41. The van der Waals surface area contributed by atoms with Crippen LogP contribution in [-0.2, 0) is 4.79 Å². The molecular weight excluding hydrogens is 344 g/mol. The first-order valence-corrected chi connectivity index (χ1v) is 12.2. The zero-order valence-electron chi connectivity index (χ0n) is 19.0. The molecule has 2 nitrogen and oxygen atoms in total. The number of carboxylic acids is 1. The molecule has 0 aromatic heterocycles. The first-order chi connectivity index (χ1) is 13.7. The van der Waals surface area contributed by atoms with E-state index in [0.717, 1.165) is 31.6 Å². The van der Waals surface area contributed by atoms with Gasteiger partial charge in [-0.2, -0.15) is 0 Å². The highest BCUT2D eigenvalue weighted by Gasteiger charge is 1.98. The van der Waals surface area contributed by atoms with E-state index in [-0.39, 0.29) is 6.42 Å². The van der Waals surface area contributed by atoms with E-state index < -0.39 is 5.97 Å². The summed E-state index contributed by atoms with van der Waals surface area (Å²) < 4.78 is 0. The van der Waals surface area contributed by atoms with Gasteiger partial charge < -0.3 is 5.11 Å². The second kappa shape index (κ2) is 22.2. The van der Waals surface area contributed by atoms with Gasteiger partial charge in [-0.05, 0) is 44.4 Å². The summed E-state index contributed by atoms with van der Waals surface area (Å²) in [5, 5.41) is 8.55. The molecule has 0 saturated carbocycles. The van der Waals surface area contributed by atoms with E-state index in [4.69, 9.17) is 5.11 Å². The highest BCUT2D eigenvalue weighted by molar-refractivity contribution is 5.66. The van der Waals surface area contributed by atoms with Gasteiger partial charge in [0.15, 0.2) is 0 Å². The molecule has 0 bridgehead atoms. The van der Waals surface area contributed by atoms with E-state index in [0.29, 0.717) is 0 Å². The van der Waals surface area contributed by atoms with E-state index >= 15 is 0 Å². The number of carbonyl (C=O) groups is 1. The minimum absolute atomic E-state index is 0.281. The van der Waals surface area contributed by atoms with Crippen LogP contribution in [0.3, 0.4) is 0 Å². The molecule has 1 N–H and O–H groups in total. The molecule has 0 aromatic carbocycles. The summed E-state index contributed by atoms with van der Waals surface area (Å²) in [6.07, 6.45) is 31.2. The van der Waals surface area contributed by atoms with Crippen LogP contribution < -0.4 is 0 Å². The Kier molecular flexibility index (Phi) is 21.4. The number of aliphatic carboxylic acids is 1. The number of hydrogen-bond donors (Lipinski definition) is 1. The lowest BCUT2D eigenvalue weighted by molar-refractivity contribution is -0.137. The lowest BCUT2D eigenvalue weighted by Gasteiger charge is -2.07. The highest BCUT2D eigenvalue weighted by Crippen LogP contribution is 2.15. The van der Waals surface area contributed by atoms with Crippen LogP contribution in [0, 0.1) is 5.92 Å². The topological polar surface area (TPSA) is 37.3 Å². The van der Waals surface area contributed by atoms with Gasteiger partial charge in [-0.1, -0.05) is 109 Å². The average molecular weight is 393 g/mol. The molecule has 0 fully saturated rings. The van der Waals surface area contributed by atoms with Crippen molar-refractivity contribution in [2.75, 3.05) is 0 Å². The molecule has 0 aliphatic heterocycles. The summed E-state index contributed by atoms with van der Waals surface area (Å²) in [5.41, 5.74) is 0. The Bertz CT molecular complexity index is 384. The number of hydrogen-bond acceptors (Lipinski definition) is 1. The van der Waals surface area contributed by atoms with Gasteiger partial charge in [0.1, 0.15) is 0 Å². The van der Waals surface area contributed by atoms with Crippen molar-refractivity contribution in [3.8, 4) is 0 Å². The fourth-order valence-electron chi connectivity index (χ4n) is 3.41. The van der Waals surface area contributed by atoms with Crippen molar-refractivity contribution in [3.05, 3.63) is 24.3 Å². The lowest BCUT2D eigenvalue weighted by atomic mass is 9.99. The molecule has 0 aromatic rings. The third-order valence-electron chi connectivity index (χ3n) is 5.61. The van der Waals surface area contributed by atoms with Crippen LogP contribution in [0.1, 0.15) is 129 Å². The number of unbranched alkanes of at least 4 members (excludes halogenated alkanes) is 12. The Morgan fingerprint density at radius 1 is 0.679 bits per heavy atom. The predicted octanol–water partition coefficient (Wildman–Crippen LogP) is 8.86. The van der Waals surface area contributed by atoms with Crippen LogP contribution in [0.25, 0.3) is 0 Å². The molecule has 1 atom stereocenters. The van der Waals surface area contributed by atoms with Crippen molar-refractivity contribution in [3.63, 3.8) is 0 Å².